The second kappa shape index (κ2) is 16.0. The van der Waals surface area contributed by atoms with Crippen molar-refractivity contribution in [3.63, 3.8) is 0 Å². The molecular formula is C36H41F8N3O4. The third kappa shape index (κ3) is 9.75. The van der Waals surface area contributed by atoms with Gasteiger partial charge in [0.25, 0.3) is 5.56 Å². The second-order valence-electron chi connectivity index (χ2n) is 13.4. The number of rotatable bonds is 13. The number of amides is 1. The SMILES string of the molecule is Cc1ccc(C)c(-c2cc(C(F)(F)F)c(F)c(C(CC(=O)O)NC(=O)C(CC(C)C)n3cc(CCCN(C)C)c(C(F)(F)F)cc3=O)c2F)c1C. The normalized spacial score (nSPS) is 13.5. The number of halogens is 8. The summed E-state index contributed by atoms with van der Waals surface area (Å²) in [5, 5.41) is 11.8. The molecule has 51 heavy (non-hydrogen) atoms. The quantitative estimate of drug-likeness (QED) is 0.173. The lowest BCUT2D eigenvalue weighted by atomic mass is 9.87. The predicted molar refractivity (Wildman–Crippen MR) is 175 cm³/mol. The molecule has 0 aliphatic heterocycles. The van der Waals surface area contributed by atoms with Crippen LogP contribution in [0, 0.1) is 38.3 Å². The molecule has 0 aliphatic carbocycles. The first-order valence-electron chi connectivity index (χ1n) is 16.1. The Hall–Kier alpha value is -4.27. The van der Waals surface area contributed by atoms with Crippen LogP contribution in [0.15, 0.2) is 35.3 Å². The standard InChI is InChI=1S/C36H41F8N3O4/c1-18(2)13-27(47-17-22(9-8-12-46(6)7)24(15-28(47)48)35(39,40)41)34(51)45-26(16-29(49)50)31-32(37)23(14-25(33(31)38)36(42,43)44)30-20(4)11-10-19(3)21(30)5/h10-11,14-15,17-18,26-27H,8-9,12-13,16H2,1-7H3,(H,45,51)(H,49,50). The molecule has 2 atom stereocenters. The average Bonchev–Trinajstić information content (AvgIpc) is 2.98. The maximum atomic E-state index is 16.5. The summed E-state index contributed by atoms with van der Waals surface area (Å²) in [4.78, 5) is 40.8. The molecule has 0 aliphatic rings. The lowest BCUT2D eigenvalue weighted by Gasteiger charge is -2.27. The number of carboxylic acid groups (broad SMARTS) is 1. The van der Waals surface area contributed by atoms with Crippen molar-refractivity contribution >= 4 is 11.9 Å². The summed E-state index contributed by atoms with van der Waals surface area (Å²) >= 11 is 0. The minimum atomic E-state index is -5.37. The summed E-state index contributed by atoms with van der Waals surface area (Å²) in [5.74, 6) is -7.08. The smallest absolute Gasteiger partial charge is 0.419 e. The number of carboxylic acids is 1. The minimum Gasteiger partial charge on any atom is -0.481 e. The molecule has 0 fully saturated rings. The van der Waals surface area contributed by atoms with Crippen LogP contribution in [-0.4, -0.2) is 47.1 Å². The lowest BCUT2D eigenvalue weighted by Crippen LogP contribution is -2.41. The Morgan fingerprint density at radius 2 is 1.51 bits per heavy atom. The van der Waals surface area contributed by atoms with Crippen LogP contribution in [0.3, 0.4) is 0 Å². The summed E-state index contributed by atoms with van der Waals surface area (Å²) in [6, 6.07) is -0.0611. The predicted octanol–water partition coefficient (Wildman–Crippen LogP) is 8.17. The van der Waals surface area contributed by atoms with Crippen LogP contribution >= 0.6 is 0 Å². The molecule has 1 amide bonds. The van der Waals surface area contributed by atoms with Gasteiger partial charge in [-0.05, 0) is 100 Å². The van der Waals surface area contributed by atoms with Gasteiger partial charge in [0, 0.05) is 23.4 Å². The summed E-state index contributed by atoms with van der Waals surface area (Å²) < 4.78 is 118. The number of aryl methyl sites for hydroxylation is 3. The van der Waals surface area contributed by atoms with E-state index in [9.17, 15) is 45.8 Å². The van der Waals surface area contributed by atoms with Gasteiger partial charge in [-0.1, -0.05) is 26.0 Å². The molecule has 0 saturated heterocycles. The fraction of sp³-hybridized carbons (Fsp3) is 0.472. The average molecular weight is 732 g/mol. The van der Waals surface area contributed by atoms with Crippen molar-refractivity contribution in [2.24, 2.45) is 5.92 Å². The van der Waals surface area contributed by atoms with Gasteiger partial charge in [0.1, 0.15) is 17.7 Å². The number of aliphatic carboxylic acids is 1. The molecule has 1 aromatic heterocycles. The fourth-order valence-electron chi connectivity index (χ4n) is 6.06. The van der Waals surface area contributed by atoms with E-state index in [1.807, 2.05) is 0 Å². The van der Waals surface area contributed by atoms with E-state index in [0.29, 0.717) is 35.4 Å². The van der Waals surface area contributed by atoms with E-state index in [2.05, 4.69) is 5.32 Å². The van der Waals surface area contributed by atoms with Gasteiger partial charge < -0.3 is 19.9 Å². The number of carbonyl (C=O) groups excluding carboxylic acids is 1. The van der Waals surface area contributed by atoms with E-state index in [0.717, 1.165) is 10.8 Å². The van der Waals surface area contributed by atoms with Crippen molar-refractivity contribution in [2.45, 2.75) is 84.7 Å². The number of nitrogens with zero attached hydrogens (tertiary/aromatic N) is 2. The summed E-state index contributed by atoms with van der Waals surface area (Å²) in [6.45, 7) is 8.28. The monoisotopic (exact) mass is 731 g/mol. The first-order valence-corrected chi connectivity index (χ1v) is 16.1. The van der Waals surface area contributed by atoms with Crippen LogP contribution in [0.4, 0.5) is 35.1 Å². The molecular weight excluding hydrogens is 690 g/mol. The highest BCUT2D eigenvalue weighted by molar-refractivity contribution is 5.82. The summed E-state index contributed by atoms with van der Waals surface area (Å²) in [6.07, 6.45) is -10.8. The first kappa shape index (κ1) is 41.2. The van der Waals surface area contributed by atoms with Gasteiger partial charge in [0.2, 0.25) is 5.91 Å². The largest absolute Gasteiger partial charge is 0.481 e. The van der Waals surface area contributed by atoms with Crippen molar-refractivity contribution in [3.05, 3.63) is 91.4 Å². The number of nitrogens with one attached hydrogen (secondary N) is 1. The zero-order valence-electron chi connectivity index (χ0n) is 29.2. The third-order valence-electron chi connectivity index (χ3n) is 8.65. The first-order chi connectivity index (χ1) is 23.4. The lowest BCUT2D eigenvalue weighted by molar-refractivity contribution is -0.140. The van der Waals surface area contributed by atoms with Crippen molar-refractivity contribution in [1.29, 1.82) is 0 Å². The highest BCUT2D eigenvalue weighted by Gasteiger charge is 2.41. The number of hydrogen-bond acceptors (Lipinski definition) is 4. The van der Waals surface area contributed by atoms with Gasteiger partial charge in [-0.3, -0.25) is 14.4 Å². The van der Waals surface area contributed by atoms with E-state index >= 15 is 8.78 Å². The van der Waals surface area contributed by atoms with Crippen LogP contribution in [0.25, 0.3) is 11.1 Å². The zero-order valence-corrected chi connectivity index (χ0v) is 29.2. The number of aromatic nitrogens is 1. The molecule has 2 N–H and O–H groups in total. The number of hydrogen-bond donors (Lipinski definition) is 2. The maximum absolute atomic E-state index is 16.5. The Kier molecular flexibility index (Phi) is 12.9. The molecule has 1 heterocycles. The van der Waals surface area contributed by atoms with Crippen molar-refractivity contribution in [1.82, 2.24) is 14.8 Å². The van der Waals surface area contributed by atoms with Crippen LogP contribution < -0.4 is 10.9 Å². The molecule has 2 aromatic carbocycles. The third-order valence-corrected chi connectivity index (χ3v) is 8.65. The number of alkyl halides is 6. The number of carbonyl (C=O) groups is 2. The minimum absolute atomic E-state index is 0.00967. The molecule has 7 nitrogen and oxygen atoms in total. The molecule has 15 heteroatoms. The van der Waals surface area contributed by atoms with Gasteiger partial charge in [-0.15, -0.1) is 0 Å². The van der Waals surface area contributed by atoms with E-state index in [1.165, 1.54) is 19.9 Å². The summed E-state index contributed by atoms with van der Waals surface area (Å²) in [7, 11) is 3.43. The maximum Gasteiger partial charge on any atom is 0.419 e. The van der Waals surface area contributed by atoms with E-state index in [-0.39, 0.29) is 30.4 Å². The van der Waals surface area contributed by atoms with E-state index in [4.69, 9.17) is 0 Å². The Labute approximate surface area is 290 Å². The molecule has 0 saturated carbocycles. The van der Waals surface area contributed by atoms with Crippen molar-refractivity contribution in [2.75, 3.05) is 20.6 Å². The van der Waals surface area contributed by atoms with Crippen molar-refractivity contribution < 1.29 is 49.8 Å². The van der Waals surface area contributed by atoms with Crippen LogP contribution in [0.2, 0.25) is 0 Å². The molecule has 0 bridgehead atoms. The Morgan fingerprint density at radius 3 is 2.04 bits per heavy atom. The van der Waals surface area contributed by atoms with Gasteiger partial charge in [-0.25, -0.2) is 8.78 Å². The fourth-order valence-corrected chi connectivity index (χ4v) is 6.06. The van der Waals surface area contributed by atoms with Gasteiger partial charge >= 0.3 is 18.3 Å². The molecule has 3 rings (SSSR count). The number of pyridine rings is 1. The van der Waals surface area contributed by atoms with Gasteiger partial charge in [-0.2, -0.15) is 26.3 Å². The summed E-state index contributed by atoms with van der Waals surface area (Å²) in [5.41, 5.74) is -5.42. The molecule has 3 aromatic rings. The van der Waals surface area contributed by atoms with Gasteiger partial charge in [0.05, 0.1) is 23.6 Å². The van der Waals surface area contributed by atoms with Crippen LogP contribution in [0.1, 0.15) is 84.1 Å². The highest BCUT2D eigenvalue weighted by Crippen LogP contribution is 2.42. The zero-order chi connectivity index (χ0) is 38.7. The highest BCUT2D eigenvalue weighted by atomic mass is 19.4. The molecule has 280 valence electrons. The Morgan fingerprint density at radius 1 is 0.922 bits per heavy atom. The molecule has 0 radical (unpaired) electrons. The van der Waals surface area contributed by atoms with Crippen LogP contribution in [-0.2, 0) is 28.4 Å². The van der Waals surface area contributed by atoms with Crippen LogP contribution in [0.5, 0.6) is 0 Å². The Balaban J connectivity index is 2.28. The molecule has 2 unspecified atom stereocenters. The molecule has 0 spiro atoms. The topological polar surface area (TPSA) is 91.6 Å². The van der Waals surface area contributed by atoms with Crippen molar-refractivity contribution in [3.8, 4) is 11.1 Å². The second-order valence-corrected chi connectivity index (χ2v) is 13.4. The van der Waals surface area contributed by atoms with E-state index < -0.39 is 88.1 Å². The number of benzene rings is 2. The van der Waals surface area contributed by atoms with E-state index in [1.54, 1.807) is 45.8 Å². The Bertz CT molecular complexity index is 1830. The van der Waals surface area contributed by atoms with Gasteiger partial charge in [0.15, 0.2) is 0 Å².